The Morgan fingerprint density at radius 3 is 1.33 bits per heavy atom. The summed E-state index contributed by atoms with van der Waals surface area (Å²) in [7, 11) is 0. The molecule has 0 aromatic carbocycles. The van der Waals surface area contributed by atoms with Gasteiger partial charge in [-0.3, -0.25) is 0 Å². The van der Waals surface area contributed by atoms with Gasteiger partial charge in [-0.05, 0) is 13.8 Å². The number of halogens is 9. The van der Waals surface area contributed by atoms with Gasteiger partial charge >= 0.3 is 12.4 Å². The van der Waals surface area contributed by atoms with Crippen molar-refractivity contribution in [3.8, 4) is 0 Å². The average Bonchev–Trinajstić information content (AvgIpc) is 1.95. The number of alkyl halides is 9. The van der Waals surface area contributed by atoms with E-state index in [0.29, 0.717) is 0 Å². The molecule has 18 heavy (non-hydrogen) atoms. The van der Waals surface area contributed by atoms with Crippen LogP contribution in [0.4, 0.5) is 39.5 Å². The summed E-state index contributed by atoms with van der Waals surface area (Å²) in [6.07, 6.45) is -14.8. The fourth-order valence-electron chi connectivity index (χ4n) is 1.31. The Labute approximate surface area is 97.1 Å². The lowest BCUT2D eigenvalue weighted by molar-refractivity contribution is -0.253. The van der Waals surface area contributed by atoms with Crippen LogP contribution in [0.2, 0.25) is 0 Å². The molecule has 0 aliphatic rings. The molecule has 0 spiro atoms. The second kappa shape index (κ2) is 4.80. The highest BCUT2D eigenvalue weighted by Gasteiger charge is 2.57. The van der Waals surface area contributed by atoms with Crippen molar-refractivity contribution in [2.75, 3.05) is 0 Å². The summed E-state index contributed by atoms with van der Waals surface area (Å²) >= 11 is 0. The minimum atomic E-state index is -5.54. The van der Waals surface area contributed by atoms with E-state index in [0.717, 1.165) is 0 Å². The van der Waals surface area contributed by atoms with Crippen LogP contribution in [0, 0.1) is 5.92 Å². The van der Waals surface area contributed by atoms with E-state index >= 15 is 0 Å². The zero-order valence-electron chi connectivity index (χ0n) is 9.39. The lowest BCUT2D eigenvalue weighted by Crippen LogP contribution is -2.43. The van der Waals surface area contributed by atoms with Gasteiger partial charge in [0.2, 0.25) is 11.6 Å². The first kappa shape index (κ1) is 17.4. The van der Waals surface area contributed by atoms with Crippen LogP contribution in [0.3, 0.4) is 0 Å². The summed E-state index contributed by atoms with van der Waals surface area (Å²) < 4.78 is 111. The molecule has 0 bridgehead atoms. The topological polar surface area (TPSA) is 0 Å². The van der Waals surface area contributed by atoms with E-state index in [4.69, 9.17) is 0 Å². The molecule has 9 heteroatoms. The van der Waals surface area contributed by atoms with E-state index in [-0.39, 0.29) is 13.8 Å². The van der Waals surface area contributed by atoms with E-state index in [1.54, 1.807) is 0 Å². The third-order valence-electron chi connectivity index (χ3n) is 2.29. The average molecular weight is 290 g/mol. The number of hydrogen-bond acceptors (Lipinski definition) is 0. The standard InChI is InChI=1S/C9H11F9/c1-6(10,9(16,17)18)3-5(8(13,14)15)4-7(2,11)12/h5H,3-4H2,1-2H3. The van der Waals surface area contributed by atoms with Gasteiger partial charge in [-0.15, -0.1) is 0 Å². The van der Waals surface area contributed by atoms with Crippen LogP contribution >= 0.6 is 0 Å². The first-order valence-electron chi connectivity index (χ1n) is 4.76. The fourth-order valence-corrected chi connectivity index (χ4v) is 1.31. The van der Waals surface area contributed by atoms with Crippen molar-refractivity contribution in [1.82, 2.24) is 0 Å². The lowest BCUT2D eigenvalue weighted by atomic mass is 9.88. The van der Waals surface area contributed by atoms with Crippen LogP contribution in [0.5, 0.6) is 0 Å². The zero-order chi connectivity index (χ0) is 15.0. The molecule has 2 atom stereocenters. The molecule has 0 N–H and O–H groups in total. The molecule has 0 heterocycles. The second-order valence-electron chi connectivity index (χ2n) is 4.41. The van der Waals surface area contributed by atoms with Gasteiger partial charge in [-0.1, -0.05) is 0 Å². The van der Waals surface area contributed by atoms with Crippen LogP contribution in [0.25, 0.3) is 0 Å². The maximum Gasteiger partial charge on any atom is 0.422 e. The molecule has 0 aromatic heterocycles. The minimum Gasteiger partial charge on any atom is -0.234 e. The molecular formula is C9H11F9. The van der Waals surface area contributed by atoms with E-state index in [2.05, 4.69) is 0 Å². The summed E-state index contributed by atoms with van der Waals surface area (Å²) in [5.74, 6) is -6.89. The maximum absolute atomic E-state index is 13.1. The van der Waals surface area contributed by atoms with Crippen LogP contribution < -0.4 is 0 Å². The van der Waals surface area contributed by atoms with Gasteiger partial charge in [0.1, 0.15) is 0 Å². The molecule has 110 valence electrons. The first-order chi connectivity index (χ1) is 7.56. The van der Waals surface area contributed by atoms with Gasteiger partial charge in [0.05, 0.1) is 5.92 Å². The molecule has 0 saturated carbocycles. The Kier molecular flexibility index (Phi) is 4.64. The van der Waals surface area contributed by atoms with Crippen molar-refractivity contribution < 1.29 is 39.5 Å². The molecule has 0 amide bonds. The predicted octanol–water partition coefficient (Wildman–Crippen LogP) is 4.89. The lowest BCUT2D eigenvalue weighted by Gasteiger charge is -2.30. The van der Waals surface area contributed by atoms with Crippen molar-refractivity contribution in [3.63, 3.8) is 0 Å². The second-order valence-corrected chi connectivity index (χ2v) is 4.41. The van der Waals surface area contributed by atoms with Gasteiger partial charge in [-0.2, -0.15) is 26.3 Å². The van der Waals surface area contributed by atoms with E-state index in [1.807, 2.05) is 0 Å². The van der Waals surface area contributed by atoms with Crippen molar-refractivity contribution in [1.29, 1.82) is 0 Å². The molecule has 0 radical (unpaired) electrons. The Morgan fingerprint density at radius 1 is 0.722 bits per heavy atom. The van der Waals surface area contributed by atoms with Crippen LogP contribution in [0.1, 0.15) is 26.7 Å². The van der Waals surface area contributed by atoms with Gasteiger partial charge in [0.15, 0.2) is 0 Å². The Hall–Kier alpha value is -0.630. The van der Waals surface area contributed by atoms with Crippen molar-refractivity contribution >= 4 is 0 Å². The summed E-state index contributed by atoms with van der Waals surface area (Å²) in [6.45, 7) is 0.0362. The molecule has 0 saturated heterocycles. The highest BCUT2D eigenvalue weighted by atomic mass is 19.4. The maximum atomic E-state index is 13.1. The number of rotatable bonds is 4. The van der Waals surface area contributed by atoms with Gasteiger partial charge < -0.3 is 0 Å². The largest absolute Gasteiger partial charge is 0.422 e. The zero-order valence-corrected chi connectivity index (χ0v) is 9.39. The Morgan fingerprint density at radius 2 is 1.11 bits per heavy atom. The Balaban J connectivity index is 5.05. The molecule has 0 aliphatic carbocycles. The molecule has 0 rings (SSSR count). The normalized spacial score (nSPS) is 19.5. The number of hydrogen-bond donors (Lipinski definition) is 0. The molecule has 0 nitrogen and oxygen atoms in total. The smallest absolute Gasteiger partial charge is 0.234 e. The van der Waals surface area contributed by atoms with Crippen LogP contribution in [-0.2, 0) is 0 Å². The van der Waals surface area contributed by atoms with E-state index in [9.17, 15) is 39.5 Å². The summed E-state index contributed by atoms with van der Waals surface area (Å²) in [4.78, 5) is 0. The molecule has 2 unspecified atom stereocenters. The fraction of sp³-hybridized carbons (Fsp3) is 1.00. The third kappa shape index (κ3) is 5.34. The highest BCUT2D eigenvalue weighted by Crippen LogP contribution is 2.45. The monoisotopic (exact) mass is 290 g/mol. The van der Waals surface area contributed by atoms with Crippen LogP contribution in [-0.4, -0.2) is 23.9 Å². The summed E-state index contributed by atoms with van der Waals surface area (Å²) in [6, 6.07) is 0. The molecule has 0 fully saturated rings. The van der Waals surface area contributed by atoms with Crippen molar-refractivity contribution in [3.05, 3.63) is 0 Å². The molecule has 0 aromatic rings. The highest BCUT2D eigenvalue weighted by molar-refractivity contribution is 4.88. The molecular weight excluding hydrogens is 279 g/mol. The SMILES string of the molecule is CC(F)(F)CC(CC(C)(F)C(F)(F)F)C(F)(F)F. The van der Waals surface area contributed by atoms with Crippen molar-refractivity contribution in [2.45, 2.75) is 50.6 Å². The van der Waals surface area contributed by atoms with E-state index < -0.39 is 42.7 Å². The van der Waals surface area contributed by atoms with Gasteiger partial charge in [0.25, 0.3) is 0 Å². The predicted molar refractivity (Wildman–Crippen MR) is 45.0 cm³/mol. The van der Waals surface area contributed by atoms with E-state index in [1.165, 1.54) is 0 Å². The Bertz CT molecular complexity index is 267. The third-order valence-corrected chi connectivity index (χ3v) is 2.29. The van der Waals surface area contributed by atoms with Crippen molar-refractivity contribution in [2.24, 2.45) is 5.92 Å². The summed E-state index contributed by atoms with van der Waals surface area (Å²) in [5, 5.41) is 0. The minimum absolute atomic E-state index is 0.0977. The van der Waals surface area contributed by atoms with Gasteiger partial charge in [-0.25, -0.2) is 13.2 Å². The first-order valence-corrected chi connectivity index (χ1v) is 4.76. The summed E-state index contributed by atoms with van der Waals surface area (Å²) in [5.41, 5.74) is -4.17. The van der Waals surface area contributed by atoms with Gasteiger partial charge in [0, 0.05) is 12.8 Å². The quantitative estimate of drug-likeness (QED) is 0.647. The molecule has 0 aliphatic heterocycles. The van der Waals surface area contributed by atoms with Crippen LogP contribution in [0.15, 0.2) is 0 Å².